The van der Waals surface area contributed by atoms with Crippen LogP contribution in [0, 0.1) is 5.82 Å². The molecule has 0 spiro atoms. The highest BCUT2D eigenvalue weighted by molar-refractivity contribution is 7.26. The summed E-state index contributed by atoms with van der Waals surface area (Å²) in [4.78, 5) is 9.84. The highest BCUT2D eigenvalue weighted by atomic mass is 35.5. The average Bonchev–Trinajstić information content (AvgIpc) is 3.46. The molecule has 36 heavy (non-hydrogen) atoms. The molecular weight excluding hydrogens is 501 g/mol. The van der Waals surface area contributed by atoms with Crippen molar-refractivity contribution in [2.45, 2.75) is 13.2 Å². The Bertz CT molecular complexity index is 1730. The average molecular weight is 520 g/mol. The standard InChI is InChI=1S/C26H19ClFN5O2S/c27-20-11-17(4-7-22(20)35-13-15-2-1-3-16(28)10-15)32-25-23-18-5-6-21-19(12-31-33(21)8-9-34)24(18)36-26(23)30-14-29-25/h1-7,10-12,14,34H,8-9,13H2,(H,29,30,32). The predicted octanol–water partition coefficient (Wildman–Crippen LogP) is 6.30. The number of benzene rings is 3. The van der Waals surface area contributed by atoms with Crippen molar-refractivity contribution in [3.8, 4) is 5.75 Å². The molecule has 0 saturated heterocycles. The van der Waals surface area contributed by atoms with Crippen molar-refractivity contribution in [3.63, 3.8) is 0 Å². The lowest BCUT2D eigenvalue weighted by atomic mass is 10.1. The molecule has 0 fully saturated rings. The number of halogens is 2. The largest absolute Gasteiger partial charge is 0.487 e. The van der Waals surface area contributed by atoms with E-state index < -0.39 is 0 Å². The maximum Gasteiger partial charge on any atom is 0.143 e. The first-order chi connectivity index (χ1) is 17.6. The Morgan fingerprint density at radius 1 is 1.08 bits per heavy atom. The zero-order chi connectivity index (χ0) is 24.6. The van der Waals surface area contributed by atoms with Gasteiger partial charge >= 0.3 is 0 Å². The van der Waals surface area contributed by atoms with Crippen LogP contribution < -0.4 is 10.1 Å². The number of hydrogen-bond donors (Lipinski definition) is 2. The number of rotatable bonds is 7. The van der Waals surface area contributed by atoms with Gasteiger partial charge in [-0.15, -0.1) is 11.3 Å². The minimum absolute atomic E-state index is 0.0258. The van der Waals surface area contributed by atoms with E-state index in [1.165, 1.54) is 18.5 Å². The third kappa shape index (κ3) is 4.11. The molecule has 3 aromatic heterocycles. The second-order valence-electron chi connectivity index (χ2n) is 8.16. The van der Waals surface area contributed by atoms with Gasteiger partial charge in [0.2, 0.25) is 0 Å². The van der Waals surface area contributed by atoms with E-state index in [0.717, 1.165) is 42.5 Å². The molecule has 3 aromatic carbocycles. The van der Waals surface area contributed by atoms with Gasteiger partial charge in [0, 0.05) is 21.2 Å². The van der Waals surface area contributed by atoms with Crippen LogP contribution >= 0.6 is 22.9 Å². The Kier molecular flexibility index (Phi) is 5.88. The number of aromatic nitrogens is 4. The lowest BCUT2D eigenvalue weighted by Crippen LogP contribution is -2.02. The van der Waals surface area contributed by atoms with Crippen LogP contribution in [0.3, 0.4) is 0 Å². The van der Waals surface area contributed by atoms with Crippen LogP contribution in [0.15, 0.2) is 67.1 Å². The Labute approximate surface area is 213 Å². The zero-order valence-corrected chi connectivity index (χ0v) is 20.4. The highest BCUT2D eigenvalue weighted by Gasteiger charge is 2.16. The number of aliphatic hydroxyl groups is 1. The quantitative estimate of drug-likeness (QED) is 0.257. The van der Waals surface area contributed by atoms with Gasteiger partial charge in [0.15, 0.2) is 0 Å². The van der Waals surface area contributed by atoms with Crippen LogP contribution in [0.2, 0.25) is 5.02 Å². The molecule has 0 amide bonds. The van der Waals surface area contributed by atoms with E-state index in [1.54, 1.807) is 40.3 Å². The summed E-state index contributed by atoms with van der Waals surface area (Å²) in [6.45, 7) is 0.675. The number of nitrogens with one attached hydrogen (secondary N) is 1. The van der Waals surface area contributed by atoms with Gasteiger partial charge in [-0.2, -0.15) is 5.10 Å². The fraction of sp³-hybridized carbons (Fsp3) is 0.115. The smallest absolute Gasteiger partial charge is 0.143 e. The zero-order valence-electron chi connectivity index (χ0n) is 18.8. The molecule has 0 saturated carbocycles. The summed E-state index contributed by atoms with van der Waals surface area (Å²) in [5, 5.41) is 20.5. The third-order valence-corrected chi connectivity index (χ3v) is 7.29. The van der Waals surface area contributed by atoms with Gasteiger partial charge in [-0.25, -0.2) is 14.4 Å². The van der Waals surface area contributed by atoms with Gasteiger partial charge in [0.1, 0.15) is 35.1 Å². The molecule has 10 heteroatoms. The lowest BCUT2D eigenvalue weighted by Gasteiger charge is -2.11. The number of nitrogens with zero attached hydrogens (tertiary/aromatic N) is 4. The van der Waals surface area contributed by atoms with E-state index >= 15 is 0 Å². The van der Waals surface area contributed by atoms with Gasteiger partial charge in [-0.1, -0.05) is 29.8 Å². The molecule has 0 aliphatic carbocycles. The van der Waals surface area contributed by atoms with Crippen LogP contribution in [0.4, 0.5) is 15.9 Å². The normalized spacial score (nSPS) is 11.5. The molecule has 0 radical (unpaired) electrons. The van der Waals surface area contributed by atoms with E-state index in [1.807, 2.05) is 24.4 Å². The Balaban J connectivity index is 1.31. The van der Waals surface area contributed by atoms with Crippen molar-refractivity contribution in [2.75, 3.05) is 11.9 Å². The molecule has 3 heterocycles. The molecule has 6 aromatic rings. The summed E-state index contributed by atoms with van der Waals surface area (Å²) in [5.74, 6) is 0.860. The first-order valence-corrected chi connectivity index (χ1v) is 12.4. The molecular formula is C26H19ClFN5O2S. The van der Waals surface area contributed by atoms with Crippen LogP contribution in [-0.2, 0) is 13.2 Å². The summed E-state index contributed by atoms with van der Waals surface area (Å²) in [6.07, 6.45) is 3.36. The van der Waals surface area contributed by atoms with E-state index in [9.17, 15) is 9.50 Å². The van der Waals surface area contributed by atoms with E-state index in [4.69, 9.17) is 16.3 Å². The van der Waals surface area contributed by atoms with Crippen LogP contribution in [0.5, 0.6) is 5.75 Å². The minimum atomic E-state index is -0.307. The second-order valence-corrected chi connectivity index (χ2v) is 9.57. The van der Waals surface area contributed by atoms with Crippen LogP contribution in [0.25, 0.3) is 31.2 Å². The van der Waals surface area contributed by atoms with Gasteiger partial charge in [-0.05, 0) is 42.0 Å². The molecule has 7 nitrogen and oxygen atoms in total. The Morgan fingerprint density at radius 2 is 2.00 bits per heavy atom. The van der Waals surface area contributed by atoms with Gasteiger partial charge in [0.05, 0.1) is 35.3 Å². The topological polar surface area (TPSA) is 85.1 Å². The van der Waals surface area contributed by atoms with E-state index in [2.05, 4.69) is 20.4 Å². The summed E-state index contributed by atoms with van der Waals surface area (Å²) in [5.41, 5.74) is 2.43. The summed E-state index contributed by atoms with van der Waals surface area (Å²) in [7, 11) is 0. The first-order valence-electron chi connectivity index (χ1n) is 11.2. The molecule has 0 unspecified atom stereocenters. The van der Waals surface area contributed by atoms with Crippen molar-refractivity contribution < 1.29 is 14.2 Å². The van der Waals surface area contributed by atoms with Gasteiger partial charge in [-0.3, -0.25) is 4.68 Å². The monoisotopic (exact) mass is 519 g/mol. The number of thiophene rings is 1. The summed E-state index contributed by atoms with van der Waals surface area (Å²) in [6, 6.07) is 15.7. The Hall–Kier alpha value is -3.79. The molecule has 0 aliphatic heterocycles. The number of fused-ring (bicyclic) bond motifs is 5. The van der Waals surface area contributed by atoms with E-state index in [0.29, 0.717) is 23.1 Å². The van der Waals surface area contributed by atoms with Gasteiger partial charge < -0.3 is 15.2 Å². The van der Waals surface area contributed by atoms with Crippen LogP contribution in [-0.4, -0.2) is 31.5 Å². The number of hydrogen-bond acceptors (Lipinski definition) is 7. The number of aliphatic hydroxyl groups excluding tert-OH is 1. The molecule has 2 N–H and O–H groups in total. The fourth-order valence-corrected chi connectivity index (χ4v) is 5.59. The summed E-state index contributed by atoms with van der Waals surface area (Å²) >= 11 is 8.06. The maximum atomic E-state index is 13.4. The van der Waals surface area contributed by atoms with Crippen molar-refractivity contribution >= 4 is 65.6 Å². The summed E-state index contributed by atoms with van der Waals surface area (Å²) < 4.78 is 22.1. The van der Waals surface area contributed by atoms with Crippen LogP contribution in [0.1, 0.15) is 5.56 Å². The number of anilines is 2. The van der Waals surface area contributed by atoms with E-state index in [-0.39, 0.29) is 19.0 Å². The predicted molar refractivity (Wildman–Crippen MR) is 141 cm³/mol. The minimum Gasteiger partial charge on any atom is -0.487 e. The first kappa shape index (κ1) is 22.7. The third-order valence-electron chi connectivity index (χ3n) is 5.85. The maximum absolute atomic E-state index is 13.4. The number of ether oxygens (including phenoxy) is 1. The van der Waals surface area contributed by atoms with Gasteiger partial charge in [0.25, 0.3) is 0 Å². The van der Waals surface area contributed by atoms with Crippen molar-refractivity contribution in [1.29, 1.82) is 0 Å². The molecule has 0 aliphatic rings. The second kappa shape index (κ2) is 9.34. The van der Waals surface area contributed by atoms with Crippen molar-refractivity contribution in [2.24, 2.45) is 0 Å². The molecule has 180 valence electrons. The highest BCUT2D eigenvalue weighted by Crippen LogP contribution is 2.41. The molecule has 6 rings (SSSR count). The molecule has 0 bridgehead atoms. The molecule has 0 atom stereocenters. The fourth-order valence-electron chi connectivity index (χ4n) is 4.21. The van der Waals surface area contributed by atoms with Crippen molar-refractivity contribution in [1.82, 2.24) is 19.7 Å². The SMILES string of the molecule is OCCn1ncc2c3sc4ncnc(Nc5ccc(OCc6cccc(F)c6)c(Cl)c5)c4c3ccc21. The lowest BCUT2D eigenvalue weighted by molar-refractivity contribution is 0.271. The Morgan fingerprint density at radius 3 is 2.83 bits per heavy atom. The van der Waals surface area contributed by atoms with Crippen molar-refractivity contribution in [3.05, 3.63) is 83.5 Å².